The number of amides is 1. The van der Waals surface area contributed by atoms with Gasteiger partial charge in [0.25, 0.3) is 0 Å². The fourth-order valence-corrected chi connectivity index (χ4v) is 0.961. The van der Waals surface area contributed by atoms with E-state index in [1.165, 1.54) is 26.1 Å². The first kappa shape index (κ1) is 16.9. The maximum absolute atomic E-state index is 12.9. The largest absolute Gasteiger partial charge is 0.465 e. The van der Waals surface area contributed by atoms with Crippen molar-refractivity contribution in [1.29, 1.82) is 0 Å². The van der Waals surface area contributed by atoms with Crippen LogP contribution in [0.1, 0.15) is 20.8 Å². The second-order valence-corrected chi connectivity index (χ2v) is 4.80. The van der Waals surface area contributed by atoms with Crippen molar-refractivity contribution in [2.24, 2.45) is 0 Å². The molecule has 0 spiro atoms. The Morgan fingerprint density at radius 2 is 1.72 bits per heavy atom. The summed E-state index contributed by atoms with van der Waals surface area (Å²) in [5.74, 6) is -1.83. The third kappa shape index (κ3) is 4.26. The Hall–Kier alpha value is -1.15. The van der Waals surface area contributed by atoms with Crippen LogP contribution in [0.25, 0.3) is 0 Å². The van der Waals surface area contributed by atoms with Crippen LogP contribution in [0.15, 0.2) is 0 Å². The smallest absolute Gasteiger partial charge is 0.410 e. The third-order valence-corrected chi connectivity index (χ3v) is 1.85. The van der Waals surface area contributed by atoms with Crippen molar-refractivity contribution in [3.63, 3.8) is 0 Å². The van der Waals surface area contributed by atoms with Crippen molar-refractivity contribution >= 4 is 23.7 Å². The highest BCUT2D eigenvalue weighted by atomic mass is 35.5. The van der Waals surface area contributed by atoms with Gasteiger partial charge in [0.1, 0.15) is 5.60 Å². The van der Waals surface area contributed by atoms with Gasteiger partial charge in [-0.25, -0.2) is 9.59 Å². The normalized spacial score (nSPS) is 15.6. The number of carbonyl (C=O) groups excluding carboxylic acids is 2. The molecular weight excluding hydrogens is 276 g/mol. The quantitative estimate of drug-likeness (QED) is 0.463. The van der Waals surface area contributed by atoms with E-state index in [2.05, 4.69) is 21.1 Å². The van der Waals surface area contributed by atoms with E-state index in [4.69, 9.17) is 0 Å². The Kier molecular flexibility index (Phi) is 4.90. The highest BCUT2D eigenvalue weighted by Gasteiger charge is 2.60. The molecule has 9 heteroatoms. The van der Waals surface area contributed by atoms with Crippen LogP contribution >= 0.6 is 11.6 Å². The fourth-order valence-electron chi connectivity index (χ4n) is 0.837. The molecule has 0 aliphatic rings. The lowest BCUT2D eigenvalue weighted by Gasteiger charge is -2.30. The van der Waals surface area contributed by atoms with Gasteiger partial charge in [-0.1, -0.05) is 0 Å². The molecule has 0 aliphatic carbocycles. The molecule has 2 N–H and O–H groups in total. The third-order valence-electron chi connectivity index (χ3n) is 1.57. The van der Waals surface area contributed by atoms with Crippen LogP contribution in [0.5, 0.6) is 0 Å². The van der Waals surface area contributed by atoms with E-state index < -0.39 is 28.8 Å². The average molecular weight is 290 g/mol. The average Bonchev–Trinajstić information content (AvgIpc) is 2.11. The molecule has 0 fully saturated rings. The molecule has 0 heterocycles. The molecule has 106 valence electrons. The van der Waals surface area contributed by atoms with Crippen LogP contribution < -0.4 is 5.32 Å². The number of alkyl carbamates (subject to hydrolysis) is 1. The lowest BCUT2D eigenvalue weighted by Crippen LogP contribution is -2.64. The summed E-state index contributed by atoms with van der Waals surface area (Å²) in [5, 5.41) is 6.22. The molecule has 1 atom stereocenters. The standard InChI is InChI=1S/C9H14ClF2NO5/c1-7(2,3)18-6(15)13-8(16,5(14)17-4)9(10,11)12/h16H,1-4H3,(H,13,15). The van der Waals surface area contributed by atoms with E-state index >= 15 is 0 Å². The minimum Gasteiger partial charge on any atom is -0.465 e. The summed E-state index contributed by atoms with van der Waals surface area (Å²) in [7, 11) is 0.743. The maximum atomic E-state index is 12.9. The molecule has 0 radical (unpaired) electrons. The number of aliphatic hydroxyl groups is 1. The number of hydrogen-bond donors (Lipinski definition) is 2. The molecule has 0 aromatic rings. The van der Waals surface area contributed by atoms with E-state index in [1.54, 1.807) is 0 Å². The van der Waals surface area contributed by atoms with Crippen molar-refractivity contribution in [3.05, 3.63) is 0 Å². The van der Waals surface area contributed by atoms with Crippen LogP contribution in [0.2, 0.25) is 0 Å². The molecule has 0 aromatic heterocycles. The Morgan fingerprint density at radius 1 is 1.28 bits per heavy atom. The number of nitrogens with one attached hydrogen (secondary N) is 1. The highest BCUT2D eigenvalue weighted by molar-refractivity contribution is 6.24. The summed E-state index contributed by atoms with van der Waals surface area (Å²) in [6, 6.07) is 0. The summed E-state index contributed by atoms with van der Waals surface area (Å²) in [6.07, 6.45) is -1.45. The summed E-state index contributed by atoms with van der Waals surface area (Å²) >= 11 is 4.57. The van der Waals surface area contributed by atoms with Crippen molar-refractivity contribution in [1.82, 2.24) is 5.32 Å². The number of carbonyl (C=O) groups is 2. The van der Waals surface area contributed by atoms with Crippen LogP contribution in [0.3, 0.4) is 0 Å². The number of hydrogen-bond acceptors (Lipinski definition) is 5. The summed E-state index contributed by atoms with van der Waals surface area (Å²) in [4.78, 5) is 22.3. The lowest BCUT2D eigenvalue weighted by atomic mass is 10.2. The molecule has 1 amide bonds. The minimum absolute atomic E-state index is 0.743. The molecule has 0 bridgehead atoms. The van der Waals surface area contributed by atoms with Gasteiger partial charge in [0.15, 0.2) is 0 Å². The van der Waals surface area contributed by atoms with Crippen molar-refractivity contribution in [3.8, 4) is 0 Å². The molecule has 18 heavy (non-hydrogen) atoms. The fraction of sp³-hybridized carbons (Fsp3) is 0.778. The van der Waals surface area contributed by atoms with Crippen molar-refractivity contribution in [2.75, 3.05) is 7.11 Å². The molecule has 0 rings (SSSR count). The Balaban J connectivity index is 5.06. The highest BCUT2D eigenvalue weighted by Crippen LogP contribution is 2.32. The number of alkyl halides is 3. The molecule has 0 aromatic carbocycles. The number of methoxy groups -OCH3 is 1. The molecule has 1 unspecified atom stereocenters. The van der Waals surface area contributed by atoms with E-state index in [0.717, 1.165) is 7.11 Å². The van der Waals surface area contributed by atoms with Gasteiger partial charge in [-0.3, -0.25) is 5.32 Å². The predicted octanol–water partition coefficient (Wildman–Crippen LogP) is 1.20. The Labute approximate surface area is 107 Å². The van der Waals surface area contributed by atoms with Crippen molar-refractivity contribution in [2.45, 2.75) is 37.5 Å². The second-order valence-electron chi connectivity index (χ2n) is 4.33. The maximum Gasteiger partial charge on any atom is 0.410 e. The first-order chi connectivity index (χ1) is 7.83. The van der Waals surface area contributed by atoms with Gasteiger partial charge in [-0.15, -0.1) is 0 Å². The van der Waals surface area contributed by atoms with Gasteiger partial charge in [-0.05, 0) is 32.4 Å². The number of halogens is 3. The zero-order valence-electron chi connectivity index (χ0n) is 10.2. The van der Waals surface area contributed by atoms with Crippen LogP contribution in [-0.4, -0.2) is 41.0 Å². The van der Waals surface area contributed by atoms with Gasteiger partial charge in [0.05, 0.1) is 7.11 Å². The first-order valence-corrected chi connectivity index (χ1v) is 5.10. The van der Waals surface area contributed by atoms with Gasteiger partial charge >= 0.3 is 23.2 Å². The minimum atomic E-state index is -4.48. The molecule has 0 aliphatic heterocycles. The van der Waals surface area contributed by atoms with Gasteiger partial charge in [0, 0.05) is 0 Å². The molecule has 0 saturated carbocycles. The number of esters is 1. The zero-order valence-corrected chi connectivity index (χ0v) is 11.0. The monoisotopic (exact) mass is 289 g/mol. The summed E-state index contributed by atoms with van der Waals surface area (Å²) in [5.41, 5.74) is -4.73. The number of ether oxygens (including phenoxy) is 2. The molecule has 0 saturated heterocycles. The Bertz CT molecular complexity index is 339. The number of rotatable bonds is 3. The van der Waals surface area contributed by atoms with Crippen molar-refractivity contribution < 1.29 is 33.0 Å². The second kappa shape index (κ2) is 5.23. The van der Waals surface area contributed by atoms with E-state index in [-0.39, 0.29) is 0 Å². The van der Waals surface area contributed by atoms with E-state index in [1.807, 2.05) is 0 Å². The molecular formula is C9H14ClF2NO5. The summed E-state index contributed by atoms with van der Waals surface area (Å²) < 4.78 is 34.5. The SMILES string of the molecule is COC(=O)C(O)(NC(=O)OC(C)(C)C)C(F)(F)Cl. The van der Waals surface area contributed by atoms with Crippen LogP contribution in [0, 0.1) is 0 Å². The topological polar surface area (TPSA) is 84.9 Å². The van der Waals surface area contributed by atoms with Gasteiger partial charge in [-0.2, -0.15) is 8.78 Å². The lowest BCUT2D eigenvalue weighted by molar-refractivity contribution is -0.194. The first-order valence-electron chi connectivity index (χ1n) is 4.72. The van der Waals surface area contributed by atoms with Crippen LogP contribution in [-0.2, 0) is 14.3 Å². The predicted molar refractivity (Wildman–Crippen MR) is 57.1 cm³/mol. The summed E-state index contributed by atoms with van der Waals surface area (Å²) in [6.45, 7) is 4.38. The van der Waals surface area contributed by atoms with Gasteiger partial charge in [0.2, 0.25) is 0 Å². The van der Waals surface area contributed by atoms with Crippen LogP contribution in [0.4, 0.5) is 13.6 Å². The Morgan fingerprint density at radius 3 is 2.00 bits per heavy atom. The molecule has 6 nitrogen and oxygen atoms in total. The van der Waals surface area contributed by atoms with E-state index in [0.29, 0.717) is 0 Å². The van der Waals surface area contributed by atoms with E-state index in [9.17, 15) is 23.5 Å². The van der Waals surface area contributed by atoms with Gasteiger partial charge < -0.3 is 14.6 Å². The zero-order chi connectivity index (χ0) is 14.8.